The standard InChI is InChI=1S/C24H34BClFN5O5/c1-22(2,35)18(27)13-28-20-29-17-12-15(25-36-23(3,4)24(5,6)37-25)16(26)11-14(17)19(30-20)31-7-9-32(10-8-31)21(33)34/h11-12,18,35H,7-10,13H2,1-6H3,(H,33,34)(H,28,29,30)/t18-/m1/s1. The summed E-state index contributed by atoms with van der Waals surface area (Å²) in [5, 5.41) is 23.3. The number of hydrogen-bond donors (Lipinski definition) is 3. The topological polar surface area (TPSA) is 120 Å². The van der Waals surface area contributed by atoms with Gasteiger partial charge in [0.05, 0.1) is 28.9 Å². The number of hydrogen-bond acceptors (Lipinski definition) is 8. The maximum Gasteiger partial charge on any atom is 0.496 e. The van der Waals surface area contributed by atoms with Gasteiger partial charge in [-0.15, -0.1) is 0 Å². The smallest absolute Gasteiger partial charge is 0.465 e. The second-order valence-corrected chi connectivity index (χ2v) is 11.5. The molecule has 2 aliphatic rings. The van der Waals surface area contributed by atoms with Crippen LogP contribution in [0.15, 0.2) is 12.1 Å². The third kappa shape index (κ3) is 5.57. The molecule has 0 unspecified atom stereocenters. The monoisotopic (exact) mass is 537 g/mol. The molecule has 3 N–H and O–H groups in total. The third-order valence-corrected chi connectivity index (χ3v) is 7.68. The molecule has 0 bridgehead atoms. The Morgan fingerprint density at radius 1 is 1.19 bits per heavy atom. The lowest BCUT2D eigenvalue weighted by molar-refractivity contribution is 0.00317. The highest BCUT2D eigenvalue weighted by molar-refractivity contribution is 6.66. The number of carbonyl (C=O) groups is 1. The highest BCUT2D eigenvalue weighted by Gasteiger charge is 2.52. The van der Waals surface area contributed by atoms with Gasteiger partial charge in [0.15, 0.2) is 0 Å². The van der Waals surface area contributed by atoms with Crippen LogP contribution in [0, 0.1) is 0 Å². The Bertz CT molecular complexity index is 1170. The van der Waals surface area contributed by atoms with Crippen LogP contribution in [0.2, 0.25) is 5.02 Å². The molecule has 202 valence electrons. The minimum Gasteiger partial charge on any atom is -0.465 e. The zero-order chi connectivity index (χ0) is 27.3. The number of fused-ring (bicyclic) bond motifs is 1. The molecule has 2 aliphatic heterocycles. The van der Waals surface area contributed by atoms with Crippen molar-refractivity contribution < 1.29 is 28.7 Å². The minimum atomic E-state index is -1.56. The van der Waals surface area contributed by atoms with Gasteiger partial charge in [-0.2, -0.15) is 4.98 Å². The molecule has 2 saturated heterocycles. The van der Waals surface area contributed by atoms with Crippen molar-refractivity contribution in [2.75, 3.05) is 42.9 Å². The van der Waals surface area contributed by atoms with Crippen molar-refractivity contribution in [1.82, 2.24) is 14.9 Å². The van der Waals surface area contributed by atoms with E-state index in [0.29, 0.717) is 53.4 Å². The van der Waals surface area contributed by atoms with Crippen molar-refractivity contribution in [3.63, 3.8) is 0 Å². The van der Waals surface area contributed by atoms with Gasteiger partial charge in [-0.1, -0.05) is 11.6 Å². The fourth-order valence-corrected chi connectivity index (χ4v) is 4.41. The number of alkyl halides is 1. The molecule has 0 spiro atoms. The van der Waals surface area contributed by atoms with E-state index in [1.807, 2.05) is 32.6 Å². The summed E-state index contributed by atoms with van der Waals surface area (Å²) >= 11 is 6.72. The molecule has 10 nitrogen and oxygen atoms in total. The van der Waals surface area contributed by atoms with Crippen LogP contribution in [-0.2, 0) is 9.31 Å². The molecule has 1 aromatic carbocycles. The summed E-state index contributed by atoms with van der Waals surface area (Å²) in [5.41, 5.74) is -1.50. The van der Waals surface area contributed by atoms with E-state index in [2.05, 4.69) is 15.3 Å². The number of piperazine rings is 1. The van der Waals surface area contributed by atoms with Crippen LogP contribution in [0.25, 0.3) is 10.9 Å². The third-order valence-electron chi connectivity index (χ3n) is 7.36. The van der Waals surface area contributed by atoms with Crippen LogP contribution in [0.1, 0.15) is 41.5 Å². The van der Waals surface area contributed by atoms with Gasteiger partial charge >= 0.3 is 13.2 Å². The van der Waals surface area contributed by atoms with Gasteiger partial charge in [-0.25, -0.2) is 14.2 Å². The number of aliphatic hydroxyl groups is 1. The number of aromatic nitrogens is 2. The fourth-order valence-electron chi connectivity index (χ4n) is 4.16. The molecule has 4 rings (SSSR count). The summed E-state index contributed by atoms with van der Waals surface area (Å²) in [6, 6.07) is 3.54. The van der Waals surface area contributed by atoms with E-state index in [1.165, 1.54) is 18.7 Å². The second kappa shape index (κ2) is 9.72. The van der Waals surface area contributed by atoms with Crippen molar-refractivity contribution in [2.45, 2.75) is 64.5 Å². The van der Waals surface area contributed by atoms with E-state index in [9.17, 15) is 19.4 Å². The molecule has 0 aliphatic carbocycles. The lowest BCUT2D eigenvalue weighted by Gasteiger charge is -2.34. The number of anilines is 2. The molecule has 2 fully saturated rings. The van der Waals surface area contributed by atoms with Crippen molar-refractivity contribution >= 4 is 52.9 Å². The lowest BCUT2D eigenvalue weighted by atomic mass is 9.78. The predicted octanol–water partition coefficient (Wildman–Crippen LogP) is 2.90. The first-order chi connectivity index (χ1) is 17.1. The molecule has 2 aromatic rings. The average molecular weight is 538 g/mol. The molecule has 1 amide bonds. The summed E-state index contributed by atoms with van der Waals surface area (Å²) in [6.45, 7) is 11.9. The summed E-state index contributed by atoms with van der Waals surface area (Å²) in [5.74, 6) is 0.732. The molecule has 0 radical (unpaired) electrons. The Morgan fingerprint density at radius 3 is 2.32 bits per heavy atom. The predicted molar refractivity (Wildman–Crippen MR) is 142 cm³/mol. The summed E-state index contributed by atoms with van der Waals surface area (Å²) in [6.07, 6.45) is -2.52. The van der Waals surface area contributed by atoms with E-state index in [0.717, 1.165) is 0 Å². The van der Waals surface area contributed by atoms with E-state index in [4.69, 9.17) is 20.9 Å². The summed E-state index contributed by atoms with van der Waals surface area (Å²) in [7, 11) is -0.707. The van der Waals surface area contributed by atoms with E-state index in [1.54, 1.807) is 12.1 Å². The zero-order valence-corrected chi connectivity index (χ0v) is 22.8. The molecular formula is C24H34BClFN5O5. The number of nitrogens with one attached hydrogen (secondary N) is 1. The van der Waals surface area contributed by atoms with Crippen LogP contribution in [0.3, 0.4) is 0 Å². The quantitative estimate of drug-likeness (QED) is 0.478. The van der Waals surface area contributed by atoms with Crippen LogP contribution in [0.5, 0.6) is 0 Å². The number of amides is 1. The van der Waals surface area contributed by atoms with E-state index in [-0.39, 0.29) is 12.5 Å². The Hall–Kier alpha value is -2.41. The fraction of sp³-hybridized carbons (Fsp3) is 0.625. The Kier molecular flexibility index (Phi) is 7.26. The van der Waals surface area contributed by atoms with Gasteiger partial charge in [0.2, 0.25) is 5.95 Å². The van der Waals surface area contributed by atoms with E-state index < -0.39 is 36.2 Å². The average Bonchev–Trinajstić information content (AvgIpc) is 3.02. The molecular weight excluding hydrogens is 504 g/mol. The first-order valence-corrected chi connectivity index (χ1v) is 12.7. The highest BCUT2D eigenvalue weighted by atomic mass is 35.5. The molecule has 37 heavy (non-hydrogen) atoms. The highest BCUT2D eigenvalue weighted by Crippen LogP contribution is 2.38. The largest absolute Gasteiger partial charge is 0.496 e. The molecule has 1 aromatic heterocycles. The van der Waals surface area contributed by atoms with Crippen LogP contribution >= 0.6 is 11.6 Å². The first kappa shape index (κ1) is 27.6. The van der Waals surface area contributed by atoms with Gasteiger partial charge in [0.25, 0.3) is 0 Å². The Labute approximate surface area is 221 Å². The van der Waals surface area contributed by atoms with Gasteiger partial charge < -0.3 is 34.6 Å². The van der Waals surface area contributed by atoms with Crippen molar-refractivity contribution in [2.24, 2.45) is 0 Å². The van der Waals surface area contributed by atoms with Gasteiger partial charge in [0, 0.05) is 42.1 Å². The Balaban J connectivity index is 1.73. The number of nitrogens with zero attached hydrogens (tertiary/aromatic N) is 4. The number of benzene rings is 1. The molecule has 3 heterocycles. The number of halogens is 2. The van der Waals surface area contributed by atoms with Crippen molar-refractivity contribution in [1.29, 1.82) is 0 Å². The zero-order valence-electron chi connectivity index (χ0n) is 22.0. The summed E-state index contributed by atoms with van der Waals surface area (Å²) < 4.78 is 26.8. The summed E-state index contributed by atoms with van der Waals surface area (Å²) in [4.78, 5) is 23.9. The van der Waals surface area contributed by atoms with Crippen molar-refractivity contribution in [3.8, 4) is 0 Å². The van der Waals surface area contributed by atoms with Crippen LogP contribution < -0.4 is 15.7 Å². The second-order valence-electron chi connectivity index (χ2n) is 11.1. The SMILES string of the molecule is CC(C)(O)[C@H](F)CNc1nc(N2CCN(C(=O)O)CC2)c2cc(Cl)c(B3OC(C)(C)C(C)(C)O3)cc2n1. The minimum absolute atomic E-state index is 0.178. The normalized spacial score (nSPS) is 20.4. The molecule has 0 saturated carbocycles. The maximum absolute atomic E-state index is 14.5. The van der Waals surface area contributed by atoms with E-state index >= 15 is 0 Å². The van der Waals surface area contributed by atoms with Gasteiger partial charge in [-0.05, 0) is 53.7 Å². The number of carboxylic acid groups (broad SMARTS) is 1. The van der Waals surface area contributed by atoms with Crippen LogP contribution in [-0.4, -0.2) is 94.0 Å². The maximum atomic E-state index is 14.5. The van der Waals surface area contributed by atoms with Crippen LogP contribution in [0.4, 0.5) is 21.0 Å². The van der Waals surface area contributed by atoms with Gasteiger partial charge in [-0.3, -0.25) is 0 Å². The molecule has 13 heteroatoms. The van der Waals surface area contributed by atoms with Gasteiger partial charge in [0.1, 0.15) is 12.0 Å². The lowest BCUT2D eigenvalue weighted by Crippen LogP contribution is -2.48. The Morgan fingerprint density at radius 2 is 1.78 bits per heavy atom. The molecule has 1 atom stereocenters. The first-order valence-electron chi connectivity index (χ1n) is 12.3. The van der Waals surface area contributed by atoms with Crippen molar-refractivity contribution in [3.05, 3.63) is 17.2 Å². The number of rotatable bonds is 6.